The molecule has 1 amide bonds. The molecule has 2 aromatic heterocycles. The number of halogens is 5. The van der Waals surface area contributed by atoms with Crippen LogP contribution in [-0.2, 0) is 4.74 Å². The van der Waals surface area contributed by atoms with Gasteiger partial charge in [0.05, 0.1) is 12.0 Å². The van der Waals surface area contributed by atoms with Crippen molar-refractivity contribution >= 4 is 40.1 Å². The number of carbonyl (C=O) groups is 1. The average molecular weight is 680 g/mol. The lowest BCUT2D eigenvalue weighted by Gasteiger charge is -2.37. The molecule has 2 aliphatic heterocycles. The van der Waals surface area contributed by atoms with Gasteiger partial charge in [0.25, 0.3) is 0 Å². The number of rotatable bonds is 7. The van der Waals surface area contributed by atoms with Crippen molar-refractivity contribution in [2.45, 2.75) is 58.5 Å². The van der Waals surface area contributed by atoms with Crippen molar-refractivity contribution < 1.29 is 31.8 Å². The van der Waals surface area contributed by atoms with Crippen molar-refractivity contribution in [3.8, 4) is 6.01 Å². The lowest BCUT2D eigenvalue weighted by molar-refractivity contribution is 0.0232. The standard InChI is InChI=1S/C32H38ClF4N7O3/c1-31(2,3)47-30(45)44-10-6-4-5-9-43(44)28-21-17-38-27(33)25(37)26(21)39-29(40-28)46-19-32(7-8-32)18-41-11-13-42(14-12-41)20-15-22(34)24(36)23(35)16-20/h15-17H,4-14,18-19H2,1-3H3. The maximum Gasteiger partial charge on any atom is 0.429 e. The summed E-state index contributed by atoms with van der Waals surface area (Å²) in [6.45, 7) is 9.54. The van der Waals surface area contributed by atoms with Crippen LogP contribution < -0.4 is 14.6 Å². The molecule has 3 aromatic rings. The summed E-state index contributed by atoms with van der Waals surface area (Å²) < 4.78 is 68.2. The number of hydrogen-bond donors (Lipinski definition) is 0. The zero-order valence-electron chi connectivity index (χ0n) is 26.7. The van der Waals surface area contributed by atoms with Gasteiger partial charge in [-0.25, -0.2) is 32.3 Å². The molecule has 0 unspecified atom stereocenters. The zero-order valence-corrected chi connectivity index (χ0v) is 27.4. The van der Waals surface area contributed by atoms with Gasteiger partial charge >= 0.3 is 12.1 Å². The Hall–Kier alpha value is -3.65. The fourth-order valence-corrected chi connectivity index (χ4v) is 6.17. The molecular formula is C32H38ClF4N7O3. The highest BCUT2D eigenvalue weighted by molar-refractivity contribution is 6.30. The lowest BCUT2D eigenvalue weighted by atomic mass is 10.1. The maximum atomic E-state index is 15.4. The first kappa shape index (κ1) is 33.3. The Kier molecular flexibility index (Phi) is 9.27. The molecule has 1 saturated carbocycles. The molecule has 10 nitrogen and oxygen atoms in total. The summed E-state index contributed by atoms with van der Waals surface area (Å²) in [4.78, 5) is 30.5. The summed E-state index contributed by atoms with van der Waals surface area (Å²) in [5.74, 6) is -4.42. The van der Waals surface area contributed by atoms with Crippen LogP contribution in [0.4, 0.5) is 33.9 Å². The van der Waals surface area contributed by atoms with Crippen LogP contribution in [0.3, 0.4) is 0 Å². The van der Waals surface area contributed by atoms with Gasteiger partial charge in [-0.2, -0.15) is 9.97 Å². The Labute approximate surface area is 275 Å². The fraction of sp³-hybridized carbons (Fsp3) is 0.562. The van der Waals surface area contributed by atoms with Gasteiger partial charge in [0.2, 0.25) is 0 Å². The third kappa shape index (κ3) is 7.43. The van der Waals surface area contributed by atoms with E-state index < -0.39 is 35.0 Å². The van der Waals surface area contributed by atoms with Gasteiger partial charge in [0.1, 0.15) is 11.1 Å². The number of fused-ring (bicyclic) bond motifs is 1. The summed E-state index contributed by atoms with van der Waals surface area (Å²) in [6.07, 6.45) is 5.09. The smallest absolute Gasteiger partial charge is 0.429 e. The molecule has 47 heavy (non-hydrogen) atoms. The van der Waals surface area contributed by atoms with E-state index in [2.05, 4.69) is 14.9 Å². The zero-order chi connectivity index (χ0) is 33.5. The van der Waals surface area contributed by atoms with Crippen LogP contribution in [0.2, 0.25) is 5.15 Å². The third-order valence-electron chi connectivity index (χ3n) is 8.71. The number of carbonyl (C=O) groups excluding carboxylic acids is 1. The van der Waals surface area contributed by atoms with Crippen molar-refractivity contribution in [2.24, 2.45) is 5.41 Å². The Morgan fingerprint density at radius 1 is 0.936 bits per heavy atom. The quantitative estimate of drug-likeness (QED) is 0.161. The van der Waals surface area contributed by atoms with E-state index >= 15 is 4.39 Å². The van der Waals surface area contributed by atoms with Gasteiger partial charge in [-0.15, -0.1) is 0 Å². The molecule has 3 fully saturated rings. The number of hydrogen-bond acceptors (Lipinski definition) is 9. The second-order valence-electron chi connectivity index (χ2n) is 13.5. The number of piperazine rings is 1. The molecule has 1 aromatic carbocycles. The molecule has 6 rings (SSSR count). The topological polar surface area (TPSA) is 87.2 Å². The number of pyridine rings is 1. The molecule has 4 heterocycles. The minimum Gasteiger partial charge on any atom is -0.463 e. The van der Waals surface area contributed by atoms with E-state index in [1.807, 2.05) is 4.90 Å². The van der Waals surface area contributed by atoms with E-state index in [4.69, 9.17) is 26.1 Å². The fourth-order valence-electron chi connectivity index (χ4n) is 6.03. The molecule has 0 bridgehead atoms. The summed E-state index contributed by atoms with van der Waals surface area (Å²) in [7, 11) is 0. The number of aromatic nitrogens is 3. The number of nitrogens with zero attached hydrogens (tertiary/aromatic N) is 7. The first-order chi connectivity index (χ1) is 22.3. The molecule has 2 saturated heterocycles. The number of hydrazine groups is 1. The summed E-state index contributed by atoms with van der Waals surface area (Å²) in [5.41, 5.74) is -0.644. The first-order valence-corrected chi connectivity index (χ1v) is 16.2. The van der Waals surface area contributed by atoms with E-state index in [0.717, 1.165) is 50.8 Å². The second kappa shape index (κ2) is 13.1. The monoisotopic (exact) mass is 679 g/mol. The summed E-state index contributed by atoms with van der Waals surface area (Å²) >= 11 is 6.05. The van der Waals surface area contributed by atoms with Gasteiger partial charge in [-0.3, -0.25) is 9.91 Å². The lowest BCUT2D eigenvalue weighted by Crippen LogP contribution is -2.49. The predicted molar refractivity (Wildman–Crippen MR) is 169 cm³/mol. The van der Waals surface area contributed by atoms with Crippen molar-refractivity contribution in [1.82, 2.24) is 24.9 Å². The van der Waals surface area contributed by atoms with E-state index in [-0.39, 0.29) is 39.9 Å². The minimum atomic E-state index is -1.47. The number of ether oxygens (including phenoxy) is 2. The van der Waals surface area contributed by atoms with Crippen LogP contribution in [0.15, 0.2) is 18.3 Å². The van der Waals surface area contributed by atoms with Crippen LogP contribution in [0.25, 0.3) is 10.9 Å². The summed E-state index contributed by atoms with van der Waals surface area (Å²) in [6, 6.07) is 2.00. The number of amides is 1. The van der Waals surface area contributed by atoms with Crippen LogP contribution in [0.5, 0.6) is 6.01 Å². The Bertz CT molecular complexity index is 1620. The maximum absolute atomic E-state index is 15.4. The normalized spacial score (nSPS) is 18.8. The Morgan fingerprint density at radius 3 is 2.28 bits per heavy atom. The Balaban J connectivity index is 1.19. The molecule has 0 N–H and O–H groups in total. The molecule has 3 aliphatic rings. The molecule has 254 valence electrons. The summed E-state index contributed by atoms with van der Waals surface area (Å²) in [5, 5.41) is 3.14. The molecule has 0 spiro atoms. The van der Waals surface area contributed by atoms with Gasteiger partial charge in [-0.1, -0.05) is 11.6 Å². The highest BCUT2D eigenvalue weighted by Crippen LogP contribution is 2.47. The van der Waals surface area contributed by atoms with E-state index in [0.29, 0.717) is 45.0 Å². The van der Waals surface area contributed by atoms with Gasteiger partial charge < -0.3 is 14.4 Å². The van der Waals surface area contributed by atoms with E-state index in [1.54, 1.807) is 25.8 Å². The van der Waals surface area contributed by atoms with E-state index in [9.17, 15) is 18.0 Å². The highest BCUT2D eigenvalue weighted by Gasteiger charge is 2.45. The predicted octanol–water partition coefficient (Wildman–Crippen LogP) is 6.36. The van der Waals surface area contributed by atoms with Crippen LogP contribution in [-0.4, -0.2) is 89.0 Å². The van der Waals surface area contributed by atoms with Crippen molar-refractivity contribution in [3.63, 3.8) is 0 Å². The largest absolute Gasteiger partial charge is 0.463 e. The van der Waals surface area contributed by atoms with Crippen molar-refractivity contribution in [2.75, 3.05) is 62.3 Å². The van der Waals surface area contributed by atoms with Gasteiger partial charge in [-0.05, 0) is 52.9 Å². The number of anilines is 2. The minimum absolute atomic E-state index is 0.0430. The average Bonchev–Trinajstić information content (AvgIpc) is 3.83. The molecular weight excluding hydrogens is 642 g/mol. The first-order valence-electron chi connectivity index (χ1n) is 15.9. The molecule has 15 heteroatoms. The SMILES string of the molecule is CC(C)(C)OC(=O)N1CCCCCN1c1nc(OCC2(CN3CCN(c4cc(F)c(F)c(F)c4)CC3)CC2)nc2c(F)c(Cl)ncc12. The second-order valence-corrected chi connectivity index (χ2v) is 13.9. The number of benzene rings is 1. The van der Waals surface area contributed by atoms with Crippen molar-refractivity contribution in [1.29, 1.82) is 0 Å². The van der Waals surface area contributed by atoms with E-state index in [1.165, 1.54) is 11.2 Å². The van der Waals surface area contributed by atoms with Gasteiger partial charge in [0, 0.05) is 75.2 Å². The van der Waals surface area contributed by atoms with Crippen LogP contribution in [0.1, 0.15) is 52.9 Å². The van der Waals surface area contributed by atoms with Crippen LogP contribution >= 0.6 is 11.6 Å². The molecule has 0 atom stereocenters. The van der Waals surface area contributed by atoms with Crippen LogP contribution in [0, 0.1) is 28.7 Å². The third-order valence-corrected chi connectivity index (χ3v) is 8.97. The van der Waals surface area contributed by atoms with Crippen molar-refractivity contribution in [3.05, 3.63) is 46.8 Å². The van der Waals surface area contributed by atoms with Gasteiger partial charge in [0.15, 0.2) is 34.2 Å². The Morgan fingerprint density at radius 2 is 1.62 bits per heavy atom. The molecule has 0 radical (unpaired) electrons. The highest BCUT2D eigenvalue weighted by atomic mass is 35.5. The molecule has 1 aliphatic carbocycles.